The van der Waals surface area contributed by atoms with Crippen molar-refractivity contribution in [3.63, 3.8) is 0 Å². The fourth-order valence-electron chi connectivity index (χ4n) is 21.6. The molecule has 0 aliphatic heterocycles. The minimum absolute atomic E-state index is 0.0634. The molecule has 22 aromatic rings. The zero-order valence-corrected chi connectivity index (χ0v) is 74.9. The molecule has 0 unspecified atom stereocenters. The molecule has 3 aliphatic rings. The molecular weight excluding hydrogens is 1620 g/mol. The number of fused-ring (bicyclic) bond motifs is 15. The molecule has 4 heteroatoms. The molecule has 0 atom stereocenters. The SMILES string of the molecule is CC1(C)c2ccccc2-c2ccc(-c3cc(-c4ccc(N(c5ccc(-c6ccccc6)cc5)c5ccc6c(c5)C(C)(C)c5ccccc5-6)cc4)c4sc5ccccc5c4c3)cc21.c1ccc(-c2ccc(N(c3ccc(-c4cc(-c5ccc6c(c5)C(c5ccccc5)(c5ccccc5)c5ccccc5-6)cc5c4sc4ccccc45)cc3)c3ccccc3-c3ccccc3)cc2)cc1. The van der Waals surface area contributed by atoms with Gasteiger partial charge in [-0.15, -0.1) is 22.7 Å². The van der Waals surface area contributed by atoms with E-state index in [1.165, 1.54) is 196 Å². The molecule has 0 fully saturated rings. The maximum absolute atomic E-state index is 2.49. The van der Waals surface area contributed by atoms with Crippen LogP contribution in [0.2, 0.25) is 0 Å². The van der Waals surface area contributed by atoms with E-state index in [9.17, 15) is 0 Å². The number of thiophene rings is 2. The fraction of sp³-hybridized carbons (Fsp3) is 0.0551. The molecule has 2 heterocycles. The lowest BCUT2D eigenvalue weighted by atomic mass is 9.67. The number of para-hydroxylation sites is 1. The quantitative estimate of drug-likeness (QED) is 0.101. The molecule has 2 nitrogen and oxygen atoms in total. The van der Waals surface area contributed by atoms with Gasteiger partial charge in [0, 0.05) is 96.3 Å². The normalized spacial score (nSPS) is 13.2. The van der Waals surface area contributed by atoms with E-state index >= 15 is 0 Å². The van der Waals surface area contributed by atoms with Gasteiger partial charge in [0.25, 0.3) is 0 Å². The Morgan fingerprint density at radius 1 is 0.176 bits per heavy atom. The van der Waals surface area contributed by atoms with Crippen LogP contribution in [0.4, 0.5) is 34.1 Å². The summed E-state index contributed by atoms with van der Waals surface area (Å²) >= 11 is 3.78. The van der Waals surface area contributed by atoms with Gasteiger partial charge in [0.05, 0.1) is 11.1 Å². The Bertz CT molecular complexity index is 8110. The van der Waals surface area contributed by atoms with Gasteiger partial charge in [0.1, 0.15) is 0 Å². The lowest BCUT2D eigenvalue weighted by Gasteiger charge is -2.34. The third-order valence-corrected chi connectivity index (χ3v) is 30.5. The molecule has 25 rings (SSSR count). The number of hydrogen-bond acceptors (Lipinski definition) is 4. The Hall–Kier alpha value is -15.6. The van der Waals surface area contributed by atoms with Gasteiger partial charge in [-0.25, -0.2) is 0 Å². The molecule has 0 saturated carbocycles. The van der Waals surface area contributed by atoms with E-state index in [1.807, 2.05) is 22.7 Å². The summed E-state index contributed by atoms with van der Waals surface area (Å²) in [6.45, 7) is 9.46. The summed E-state index contributed by atoms with van der Waals surface area (Å²) in [5.41, 5.74) is 41.7. The first-order chi connectivity index (χ1) is 64.5. The molecule has 620 valence electrons. The molecule has 131 heavy (non-hydrogen) atoms. The Kier molecular flexibility index (Phi) is 19.3. The molecule has 2 aromatic heterocycles. The zero-order chi connectivity index (χ0) is 87.5. The molecular formula is C127H90N2S2. The third kappa shape index (κ3) is 13.3. The van der Waals surface area contributed by atoms with Gasteiger partial charge < -0.3 is 9.80 Å². The van der Waals surface area contributed by atoms with Gasteiger partial charge >= 0.3 is 0 Å². The monoisotopic (exact) mass is 1710 g/mol. The van der Waals surface area contributed by atoms with Crippen LogP contribution in [0, 0.1) is 0 Å². The van der Waals surface area contributed by atoms with E-state index < -0.39 is 5.41 Å². The van der Waals surface area contributed by atoms with Gasteiger partial charge in [0.2, 0.25) is 0 Å². The van der Waals surface area contributed by atoms with E-state index in [-0.39, 0.29) is 10.8 Å². The number of hydrogen-bond donors (Lipinski definition) is 0. The Morgan fingerprint density at radius 2 is 0.481 bits per heavy atom. The predicted molar refractivity (Wildman–Crippen MR) is 559 cm³/mol. The first kappa shape index (κ1) is 78.9. The summed E-state index contributed by atoms with van der Waals surface area (Å²) in [5, 5.41) is 5.20. The van der Waals surface area contributed by atoms with Crippen LogP contribution in [-0.2, 0) is 16.2 Å². The molecule has 0 spiro atoms. The average molecular weight is 1710 g/mol. The fourth-order valence-corrected chi connectivity index (χ4v) is 24.0. The summed E-state index contributed by atoms with van der Waals surface area (Å²) in [4.78, 5) is 4.83. The van der Waals surface area contributed by atoms with Crippen molar-refractivity contribution in [3.8, 4) is 111 Å². The lowest BCUT2D eigenvalue weighted by Crippen LogP contribution is -2.28. The second kappa shape index (κ2) is 32.0. The van der Waals surface area contributed by atoms with Gasteiger partial charge in [-0.05, 0) is 254 Å². The van der Waals surface area contributed by atoms with E-state index in [2.05, 4.69) is 511 Å². The van der Waals surface area contributed by atoms with Crippen LogP contribution in [0.3, 0.4) is 0 Å². The smallest absolute Gasteiger partial charge is 0.0713 e. The van der Waals surface area contributed by atoms with Crippen LogP contribution < -0.4 is 9.80 Å². The van der Waals surface area contributed by atoms with Crippen molar-refractivity contribution in [2.75, 3.05) is 9.80 Å². The molecule has 0 amide bonds. The average Bonchev–Trinajstić information content (AvgIpc) is 1.62. The molecule has 3 aliphatic carbocycles. The Morgan fingerprint density at radius 3 is 0.947 bits per heavy atom. The third-order valence-electron chi connectivity index (χ3n) is 28.1. The van der Waals surface area contributed by atoms with Crippen LogP contribution in [0.1, 0.15) is 72.2 Å². The molecule has 0 saturated heterocycles. The summed E-state index contributed by atoms with van der Waals surface area (Å²) in [5.74, 6) is 0. The Labute approximate surface area is 773 Å². The van der Waals surface area contributed by atoms with E-state index in [1.54, 1.807) is 0 Å². The van der Waals surface area contributed by atoms with Crippen molar-refractivity contribution in [2.24, 2.45) is 0 Å². The van der Waals surface area contributed by atoms with Crippen molar-refractivity contribution < 1.29 is 0 Å². The highest BCUT2D eigenvalue weighted by atomic mass is 32.1. The summed E-state index contributed by atoms with van der Waals surface area (Å²) in [6.07, 6.45) is 0. The van der Waals surface area contributed by atoms with Gasteiger partial charge in [-0.1, -0.05) is 386 Å². The number of nitrogens with zero attached hydrogens (tertiary/aromatic N) is 2. The topological polar surface area (TPSA) is 6.48 Å². The first-order valence-electron chi connectivity index (χ1n) is 45.5. The van der Waals surface area contributed by atoms with Crippen LogP contribution in [0.5, 0.6) is 0 Å². The van der Waals surface area contributed by atoms with Crippen molar-refractivity contribution >= 4 is 97.1 Å². The second-order valence-corrected chi connectivity index (χ2v) is 38.2. The molecule has 0 N–H and O–H groups in total. The lowest BCUT2D eigenvalue weighted by molar-refractivity contribution is 0.660. The molecule has 20 aromatic carbocycles. The van der Waals surface area contributed by atoms with E-state index in [0.29, 0.717) is 0 Å². The van der Waals surface area contributed by atoms with E-state index in [0.717, 1.165) is 34.1 Å². The molecule has 0 radical (unpaired) electrons. The second-order valence-electron chi connectivity index (χ2n) is 36.1. The van der Waals surface area contributed by atoms with Gasteiger partial charge in [-0.2, -0.15) is 0 Å². The predicted octanol–water partition coefficient (Wildman–Crippen LogP) is 35.7. The van der Waals surface area contributed by atoms with Crippen molar-refractivity contribution in [1.82, 2.24) is 0 Å². The van der Waals surface area contributed by atoms with Crippen LogP contribution in [-0.4, -0.2) is 0 Å². The number of rotatable bonds is 15. The highest BCUT2D eigenvalue weighted by Crippen LogP contribution is 2.59. The van der Waals surface area contributed by atoms with Gasteiger partial charge in [0.15, 0.2) is 0 Å². The van der Waals surface area contributed by atoms with Crippen LogP contribution in [0.15, 0.2) is 473 Å². The number of anilines is 6. The van der Waals surface area contributed by atoms with Crippen molar-refractivity contribution in [2.45, 2.75) is 43.9 Å². The zero-order valence-electron chi connectivity index (χ0n) is 73.2. The minimum atomic E-state index is -0.477. The minimum Gasteiger partial charge on any atom is -0.310 e. The van der Waals surface area contributed by atoms with Gasteiger partial charge in [-0.3, -0.25) is 0 Å². The largest absolute Gasteiger partial charge is 0.310 e. The van der Waals surface area contributed by atoms with E-state index in [4.69, 9.17) is 0 Å². The maximum Gasteiger partial charge on any atom is 0.0713 e. The summed E-state index contributed by atoms with van der Waals surface area (Å²) in [7, 11) is 0. The highest BCUT2D eigenvalue weighted by Gasteiger charge is 2.47. The molecule has 0 bridgehead atoms. The van der Waals surface area contributed by atoms with Crippen LogP contribution >= 0.6 is 22.7 Å². The highest BCUT2D eigenvalue weighted by molar-refractivity contribution is 7.26. The maximum atomic E-state index is 2.49. The standard InChI is InChI=1S/C67H45NS.C60H45NS/c1-5-19-46(20-6-1)47-33-38-54(39-34-47)68(64-31-17-14-27-56(64)48-21-7-2-8-22-48)55-40-35-49(36-41-55)60-43-51(44-61-59-29-15-18-32-65(59)69-66(60)61)50-37-42-58-57-28-13-16-30-62(57)67(63(58)45-50,52-23-9-3-10-24-52)53-25-11-4-12-26-53;1-59(2)53-19-11-8-16-46(53)48-32-26-41(36-55(48)59)42-34-51(58-52(35-42)50-18-10-13-21-57(50)62-58)40-24-29-44(30-25-40)61(43-27-22-39(23-28-43)38-14-6-5-7-15-38)45-31-33-49-47-17-9-12-20-54(47)60(3,4)56(49)37-45/h1-45H;5-37H,1-4H3. The first-order valence-corrected chi connectivity index (χ1v) is 47.1. The summed E-state index contributed by atoms with van der Waals surface area (Å²) < 4.78 is 5.23. The van der Waals surface area contributed by atoms with Crippen molar-refractivity contribution in [1.29, 1.82) is 0 Å². The summed E-state index contributed by atoms with van der Waals surface area (Å²) in [6, 6.07) is 175. The van der Waals surface area contributed by atoms with Crippen molar-refractivity contribution in [3.05, 3.63) is 518 Å². The Balaban J connectivity index is 0.000000146. The van der Waals surface area contributed by atoms with Crippen LogP contribution in [0.25, 0.3) is 152 Å². The number of benzene rings is 20.